The average Bonchev–Trinajstić information content (AvgIpc) is 3.64. The molecule has 2 aromatic rings. The number of phosphoric acid groups is 3. The molecule has 310 valence electrons. The zero-order valence-corrected chi connectivity index (χ0v) is 33.1. The summed E-state index contributed by atoms with van der Waals surface area (Å²) in [6.45, 7) is 3.40. The Kier molecular flexibility index (Phi) is 16.2. The predicted molar refractivity (Wildman–Crippen MR) is 187 cm³/mol. The molecule has 25 nitrogen and oxygen atoms in total. The minimum atomic E-state index is -5.58. The lowest BCUT2D eigenvalue weighted by molar-refractivity contribution is -0.137. The van der Waals surface area contributed by atoms with Gasteiger partial charge in [0, 0.05) is 36.6 Å². The summed E-state index contributed by atoms with van der Waals surface area (Å²) in [6.07, 6.45) is -7.05. The highest BCUT2D eigenvalue weighted by Crippen LogP contribution is 2.61. The van der Waals surface area contributed by atoms with Crippen LogP contribution in [-0.2, 0) is 55.5 Å². The first kappa shape index (κ1) is 46.6. The molecule has 10 N–H and O–H groups in total. The van der Waals surface area contributed by atoms with Gasteiger partial charge in [0.15, 0.2) is 17.7 Å². The van der Waals surface area contributed by atoms with E-state index in [1.54, 1.807) is 13.8 Å². The van der Waals surface area contributed by atoms with Gasteiger partial charge in [-0.15, -0.1) is 0 Å². The van der Waals surface area contributed by atoms with Crippen LogP contribution in [0.15, 0.2) is 12.7 Å². The zero-order chi connectivity index (χ0) is 41.5. The lowest BCUT2D eigenvalue weighted by atomic mass is 9.87. The molecule has 0 saturated carbocycles. The summed E-state index contributed by atoms with van der Waals surface area (Å²) >= 11 is 0.757. The SMILES string of the molecule is CC(C)C(=O)C(=O)SCCNC(=O)CCNC(=O)[C@H](O)C(C)(C)COP(=O)(O)OP(=O)(O)OC[C@H]1O[C@@H](n2cnc3c(N)ncnc32)[C@H](O)[C@@H]1OP(=O)(O)O. The highest BCUT2D eigenvalue weighted by atomic mass is 32.2. The fraction of sp³-hybridized carbons (Fsp3) is 0.654. The van der Waals surface area contributed by atoms with Crippen molar-refractivity contribution in [2.24, 2.45) is 11.3 Å². The van der Waals surface area contributed by atoms with Crippen molar-refractivity contribution < 1.29 is 85.3 Å². The summed E-state index contributed by atoms with van der Waals surface area (Å²) < 4.78 is 61.9. The Balaban J connectivity index is 1.50. The number of phosphoric ester groups is 3. The predicted octanol–water partition coefficient (Wildman–Crippen LogP) is -1.11. The molecule has 3 heterocycles. The van der Waals surface area contributed by atoms with Crippen molar-refractivity contribution in [2.75, 3.05) is 37.8 Å². The topological polar surface area (TPSA) is 381 Å². The number of nitrogens with one attached hydrogen (secondary N) is 2. The number of nitrogens with two attached hydrogens (primary N) is 1. The number of hydrogen-bond donors (Lipinski definition) is 9. The smallest absolute Gasteiger partial charge is 0.386 e. The highest BCUT2D eigenvalue weighted by molar-refractivity contribution is 8.15. The number of ether oxygens (including phenoxy) is 1. The van der Waals surface area contributed by atoms with Gasteiger partial charge in [0.25, 0.3) is 5.12 Å². The summed E-state index contributed by atoms with van der Waals surface area (Å²) in [4.78, 5) is 98.7. The lowest BCUT2D eigenvalue weighted by Crippen LogP contribution is -2.46. The molecule has 29 heteroatoms. The fourth-order valence-electron chi connectivity index (χ4n) is 4.58. The molecule has 0 radical (unpaired) electrons. The summed E-state index contributed by atoms with van der Waals surface area (Å²) in [5.41, 5.74) is 4.22. The maximum Gasteiger partial charge on any atom is 0.481 e. The molecule has 0 aromatic carbocycles. The number of nitrogen functional groups attached to an aromatic ring is 1. The first-order valence-corrected chi connectivity index (χ1v) is 21.4. The summed E-state index contributed by atoms with van der Waals surface area (Å²) in [5.74, 6) is -2.42. The summed E-state index contributed by atoms with van der Waals surface area (Å²) in [6, 6.07) is 0. The largest absolute Gasteiger partial charge is 0.481 e. The van der Waals surface area contributed by atoms with Crippen LogP contribution in [0, 0.1) is 11.3 Å². The van der Waals surface area contributed by atoms with Gasteiger partial charge < -0.3 is 50.9 Å². The van der Waals surface area contributed by atoms with Crippen molar-refractivity contribution in [3.8, 4) is 0 Å². The Morgan fingerprint density at radius 2 is 1.69 bits per heavy atom. The van der Waals surface area contributed by atoms with Crippen LogP contribution in [0.1, 0.15) is 40.3 Å². The standard InChI is InChI=1S/C26H42N7O18P3S/c1-13(2)17(35)25(39)55-8-7-28-15(34)5-6-29-23(38)20(37)26(3,4)10-48-54(45,46)51-53(43,44)47-9-14-19(50-52(40,41)42)18(36)24(49-14)33-12-32-16-21(27)30-11-31-22(16)33/h11-14,18-20,24,36-37H,5-10H2,1-4H3,(H,28,34)(H,29,38)(H,43,44)(H,45,46)(H2,27,30,31)(H2,40,41,42)/t14-,18-,19-,20+,24-/m1/s1. The Labute approximate surface area is 316 Å². The van der Waals surface area contributed by atoms with Gasteiger partial charge in [-0.25, -0.2) is 28.6 Å². The Bertz CT molecular complexity index is 1860. The molecule has 7 atom stereocenters. The Morgan fingerprint density at radius 3 is 2.33 bits per heavy atom. The highest BCUT2D eigenvalue weighted by Gasteiger charge is 2.50. The molecule has 2 amide bonds. The van der Waals surface area contributed by atoms with Crippen molar-refractivity contribution in [3.63, 3.8) is 0 Å². The van der Waals surface area contributed by atoms with E-state index in [2.05, 4.69) is 34.4 Å². The molecular weight excluding hydrogens is 823 g/mol. The van der Waals surface area contributed by atoms with E-state index < -0.39 is 101 Å². The third kappa shape index (κ3) is 13.7. The van der Waals surface area contributed by atoms with Crippen LogP contribution in [0.5, 0.6) is 0 Å². The van der Waals surface area contributed by atoms with Crippen molar-refractivity contribution in [1.82, 2.24) is 30.2 Å². The third-order valence-corrected chi connectivity index (χ3v) is 11.4. The van der Waals surface area contributed by atoms with Crippen molar-refractivity contribution in [2.45, 2.75) is 64.8 Å². The lowest BCUT2D eigenvalue weighted by Gasteiger charge is -2.30. The Hall–Kier alpha value is -2.77. The van der Waals surface area contributed by atoms with Gasteiger partial charge in [0.05, 0.1) is 19.5 Å². The van der Waals surface area contributed by atoms with Gasteiger partial charge in [-0.3, -0.25) is 37.3 Å². The fourth-order valence-corrected chi connectivity index (χ4v) is 8.18. The van der Waals surface area contributed by atoms with Gasteiger partial charge in [0.1, 0.15) is 36.3 Å². The molecule has 0 spiro atoms. The monoisotopic (exact) mass is 865 g/mol. The Morgan fingerprint density at radius 1 is 1.04 bits per heavy atom. The second-order valence-corrected chi connectivity index (χ2v) is 18.0. The molecular formula is C26H42N7O18P3S. The molecule has 1 aliphatic rings. The van der Waals surface area contributed by atoms with Crippen LogP contribution in [-0.4, -0.2) is 128 Å². The molecule has 55 heavy (non-hydrogen) atoms. The van der Waals surface area contributed by atoms with Crippen LogP contribution in [0.2, 0.25) is 0 Å². The van der Waals surface area contributed by atoms with Gasteiger partial charge >= 0.3 is 23.5 Å². The maximum absolute atomic E-state index is 12.7. The minimum Gasteiger partial charge on any atom is -0.386 e. The molecule has 1 aliphatic heterocycles. The number of fused-ring (bicyclic) bond motifs is 1. The average molecular weight is 866 g/mol. The molecule has 2 unspecified atom stereocenters. The van der Waals surface area contributed by atoms with E-state index in [0.29, 0.717) is 0 Å². The van der Waals surface area contributed by atoms with Gasteiger partial charge in [0.2, 0.25) is 17.6 Å². The third-order valence-electron chi connectivity index (χ3n) is 7.46. The molecule has 0 aliphatic carbocycles. The first-order chi connectivity index (χ1) is 25.3. The van der Waals surface area contributed by atoms with E-state index in [4.69, 9.17) is 19.5 Å². The number of nitrogens with zero attached hydrogens (tertiary/aromatic N) is 4. The number of ketones is 1. The number of Topliss-reactive ketones (excluding diaryl/α,β-unsaturated/α-hetero) is 1. The van der Waals surface area contributed by atoms with Crippen LogP contribution < -0.4 is 16.4 Å². The zero-order valence-electron chi connectivity index (χ0n) is 29.6. The van der Waals surface area contributed by atoms with Crippen molar-refractivity contribution in [1.29, 1.82) is 0 Å². The number of carbonyl (C=O) groups is 4. The van der Waals surface area contributed by atoms with Gasteiger partial charge in [-0.2, -0.15) is 4.31 Å². The molecule has 3 rings (SSSR count). The number of aromatic nitrogens is 4. The number of imidazole rings is 1. The summed E-state index contributed by atoms with van der Waals surface area (Å²) in [5, 5.41) is 25.6. The second kappa shape index (κ2) is 19.1. The van der Waals surface area contributed by atoms with Crippen LogP contribution in [0.3, 0.4) is 0 Å². The van der Waals surface area contributed by atoms with E-state index in [1.165, 1.54) is 13.8 Å². The number of carbonyl (C=O) groups excluding carboxylic acids is 4. The quantitative estimate of drug-likeness (QED) is 0.0408. The number of anilines is 1. The minimum absolute atomic E-state index is 0.0232. The molecule has 0 bridgehead atoms. The number of aliphatic hydroxyl groups is 2. The van der Waals surface area contributed by atoms with E-state index in [-0.39, 0.29) is 42.2 Å². The number of rotatable bonds is 21. The maximum atomic E-state index is 12.7. The molecule has 1 fully saturated rings. The first-order valence-electron chi connectivity index (χ1n) is 15.9. The normalized spacial score (nSPS) is 21.9. The van der Waals surface area contributed by atoms with E-state index in [0.717, 1.165) is 29.0 Å². The van der Waals surface area contributed by atoms with Crippen molar-refractivity contribution in [3.05, 3.63) is 12.7 Å². The number of aliphatic hydroxyl groups excluding tert-OH is 2. The van der Waals surface area contributed by atoms with Crippen LogP contribution >= 0.6 is 35.2 Å². The van der Waals surface area contributed by atoms with Gasteiger partial charge in [-0.05, 0) is 0 Å². The van der Waals surface area contributed by atoms with E-state index >= 15 is 0 Å². The van der Waals surface area contributed by atoms with Crippen LogP contribution in [0.25, 0.3) is 11.2 Å². The number of hydrogen-bond acceptors (Lipinski definition) is 19. The summed E-state index contributed by atoms with van der Waals surface area (Å²) in [7, 11) is -16.4. The molecule has 1 saturated heterocycles. The van der Waals surface area contributed by atoms with E-state index in [9.17, 15) is 62.7 Å². The van der Waals surface area contributed by atoms with E-state index in [1.807, 2.05) is 0 Å². The molecule has 2 aromatic heterocycles. The van der Waals surface area contributed by atoms with Crippen LogP contribution in [0.4, 0.5) is 5.82 Å². The second-order valence-electron chi connectivity index (χ2n) is 12.7. The van der Waals surface area contributed by atoms with Crippen molar-refractivity contribution >= 4 is 74.9 Å². The number of thioether (sulfide) groups is 1. The van der Waals surface area contributed by atoms with Gasteiger partial charge in [-0.1, -0.05) is 39.5 Å². The number of amides is 2.